The Labute approximate surface area is 177 Å². The lowest BCUT2D eigenvalue weighted by Crippen LogP contribution is -2.38. The summed E-state index contributed by atoms with van der Waals surface area (Å²) in [6.07, 6.45) is 0. The first kappa shape index (κ1) is 18.6. The van der Waals surface area contributed by atoms with Crippen LogP contribution in [0.3, 0.4) is 0 Å². The summed E-state index contributed by atoms with van der Waals surface area (Å²) >= 11 is 5.49. The molecule has 30 heavy (non-hydrogen) atoms. The summed E-state index contributed by atoms with van der Waals surface area (Å²) in [5.74, 6) is 2.74. The van der Waals surface area contributed by atoms with E-state index in [1.54, 1.807) is 13.1 Å². The van der Waals surface area contributed by atoms with E-state index in [-0.39, 0.29) is 19.1 Å². The first-order chi connectivity index (χ1) is 14.6. The van der Waals surface area contributed by atoms with E-state index in [2.05, 4.69) is 10.3 Å². The second kappa shape index (κ2) is 7.42. The van der Waals surface area contributed by atoms with E-state index in [4.69, 9.17) is 31.2 Å². The Kier molecular flexibility index (Phi) is 4.59. The van der Waals surface area contributed by atoms with Crippen LogP contribution in [0.15, 0.2) is 41.2 Å². The average molecular weight is 425 g/mol. The van der Waals surface area contributed by atoms with Gasteiger partial charge in [-0.1, -0.05) is 6.07 Å². The summed E-state index contributed by atoms with van der Waals surface area (Å²) in [4.78, 5) is 17.6. The van der Waals surface area contributed by atoms with Crippen LogP contribution in [0.2, 0.25) is 0 Å². The van der Waals surface area contributed by atoms with Crippen molar-refractivity contribution in [2.75, 3.05) is 20.6 Å². The number of ether oxygens (including phenoxy) is 4. The Balaban J connectivity index is 1.45. The van der Waals surface area contributed by atoms with E-state index >= 15 is 0 Å². The molecule has 0 aliphatic carbocycles. The van der Waals surface area contributed by atoms with Crippen molar-refractivity contribution in [2.45, 2.75) is 13.1 Å². The number of aromatic amines is 1. The first-order valence-corrected chi connectivity index (χ1v) is 9.82. The molecule has 2 aliphatic heterocycles. The van der Waals surface area contributed by atoms with Crippen molar-refractivity contribution < 1.29 is 18.9 Å². The van der Waals surface area contributed by atoms with Gasteiger partial charge in [0.25, 0.3) is 5.56 Å². The summed E-state index contributed by atoms with van der Waals surface area (Å²) in [5, 5.41) is 4.41. The van der Waals surface area contributed by atoms with Crippen LogP contribution in [-0.2, 0) is 13.1 Å². The molecule has 0 radical (unpaired) electrons. The van der Waals surface area contributed by atoms with Crippen molar-refractivity contribution in [2.24, 2.45) is 0 Å². The zero-order chi connectivity index (χ0) is 20.7. The molecule has 0 amide bonds. The van der Waals surface area contributed by atoms with Gasteiger partial charge in [0.2, 0.25) is 13.6 Å². The molecule has 0 unspecified atom stereocenters. The van der Waals surface area contributed by atoms with E-state index in [1.165, 1.54) is 0 Å². The molecule has 2 aromatic carbocycles. The Morgan fingerprint density at radius 2 is 1.70 bits per heavy atom. The Morgan fingerprint density at radius 1 is 1.00 bits per heavy atom. The molecule has 2 N–H and O–H groups in total. The van der Waals surface area contributed by atoms with Crippen LogP contribution in [0.1, 0.15) is 11.1 Å². The van der Waals surface area contributed by atoms with Gasteiger partial charge in [-0.25, -0.2) is 0 Å². The zero-order valence-corrected chi connectivity index (χ0v) is 17.0. The number of nitrogens with one attached hydrogen (secondary N) is 2. The summed E-state index contributed by atoms with van der Waals surface area (Å²) in [7, 11) is 1.76. The van der Waals surface area contributed by atoms with Crippen LogP contribution in [0.25, 0.3) is 10.9 Å². The van der Waals surface area contributed by atoms with Crippen LogP contribution in [-0.4, -0.2) is 35.6 Å². The summed E-state index contributed by atoms with van der Waals surface area (Å²) in [5.41, 5.74) is 2.12. The molecule has 2 aliphatic rings. The number of fused-ring (bicyclic) bond motifs is 3. The van der Waals surface area contributed by atoms with Crippen molar-refractivity contribution in [3.8, 4) is 23.0 Å². The Morgan fingerprint density at radius 3 is 2.47 bits per heavy atom. The number of thiocarbonyl (C=S) groups is 1. The normalized spacial score (nSPS) is 13.5. The fraction of sp³-hybridized carbons (Fsp3) is 0.238. The first-order valence-electron chi connectivity index (χ1n) is 9.41. The average Bonchev–Trinajstić information content (AvgIpc) is 3.40. The highest BCUT2D eigenvalue weighted by Crippen LogP contribution is 2.35. The highest BCUT2D eigenvalue weighted by atomic mass is 32.1. The number of hydrogen-bond acceptors (Lipinski definition) is 6. The van der Waals surface area contributed by atoms with Gasteiger partial charge in [-0.2, -0.15) is 0 Å². The quantitative estimate of drug-likeness (QED) is 0.617. The summed E-state index contributed by atoms with van der Waals surface area (Å²) in [6, 6.07) is 11.3. The van der Waals surface area contributed by atoms with Gasteiger partial charge in [0.05, 0.1) is 12.1 Å². The summed E-state index contributed by atoms with van der Waals surface area (Å²) in [6.45, 7) is 1.26. The number of H-pyrrole nitrogens is 1. The molecule has 0 spiro atoms. The number of hydrogen-bond donors (Lipinski definition) is 2. The van der Waals surface area contributed by atoms with Gasteiger partial charge in [-0.15, -0.1) is 0 Å². The molecule has 3 heterocycles. The molecule has 9 heteroatoms. The van der Waals surface area contributed by atoms with Crippen molar-refractivity contribution in [1.29, 1.82) is 0 Å². The maximum Gasteiger partial charge on any atom is 0.253 e. The second-order valence-corrected chi connectivity index (χ2v) is 7.40. The minimum absolute atomic E-state index is 0.170. The molecule has 5 rings (SSSR count). The molecule has 3 aromatic rings. The molecule has 0 atom stereocenters. The van der Waals surface area contributed by atoms with Gasteiger partial charge in [0.15, 0.2) is 28.1 Å². The van der Waals surface area contributed by atoms with Crippen molar-refractivity contribution in [3.05, 3.63) is 57.9 Å². The minimum atomic E-state index is -0.170. The number of benzene rings is 2. The third-order valence-corrected chi connectivity index (χ3v) is 5.55. The molecule has 0 saturated carbocycles. The van der Waals surface area contributed by atoms with Crippen LogP contribution < -0.4 is 29.8 Å². The van der Waals surface area contributed by atoms with Gasteiger partial charge in [0.1, 0.15) is 0 Å². The molecule has 0 saturated heterocycles. The maximum atomic E-state index is 12.7. The standard InChI is InChI=1S/C21H19N3O5S/c1-22-21(30)24(8-12-2-3-16-17(4-12)27-10-26-16)9-14-5-13-6-18-19(29-11-28-18)7-15(13)23-20(14)25/h2-7H,8-11H2,1H3,(H,22,30)(H,23,25). The monoisotopic (exact) mass is 425 g/mol. The zero-order valence-electron chi connectivity index (χ0n) is 16.2. The maximum absolute atomic E-state index is 12.7. The largest absolute Gasteiger partial charge is 0.454 e. The lowest BCUT2D eigenvalue weighted by molar-refractivity contribution is 0.173. The summed E-state index contributed by atoms with van der Waals surface area (Å²) < 4.78 is 21.7. The predicted octanol–water partition coefficient (Wildman–Crippen LogP) is 2.49. The Bertz CT molecular complexity index is 1210. The predicted molar refractivity (Wildman–Crippen MR) is 114 cm³/mol. The molecule has 154 valence electrons. The van der Waals surface area contributed by atoms with E-state index in [0.717, 1.165) is 16.7 Å². The number of rotatable bonds is 4. The molecule has 1 aromatic heterocycles. The highest BCUT2D eigenvalue weighted by molar-refractivity contribution is 7.80. The van der Waals surface area contributed by atoms with Gasteiger partial charge >= 0.3 is 0 Å². The number of pyridine rings is 1. The van der Waals surface area contributed by atoms with Gasteiger partial charge in [-0.05, 0) is 42.0 Å². The van der Waals surface area contributed by atoms with Gasteiger partial charge < -0.3 is 34.1 Å². The fourth-order valence-electron chi connectivity index (χ4n) is 3.58. The van der Waals surface area contributed by atoms with E-state index in [1.807, 2.05) is 35.2 Å². The molecular formula is C21H19N3O5S. The van der Waals surface area contributed by atoms with Crippen molar-refractivity contribution >= 4 is 28.2 Å². The van der Waals surface area contributed by atoms with E-state index < -0.39 is 0 Å². The van der Waals surface area contributed by atoms with Crippen LogP contribution >= 0.6 is 12.2 Å². The van der Waals surface area contributed by atoms with Crippen LogP contribution in [0.5, 0.6) is 23.0 Å². The van der Waals surface area contributed by atoms with Crippen LogP contribution in [0.4, 0.5) is 0 Å². The SMILES string of the molecule is CNC(=S)N(Cc1ccc2c(c1)OCO2)Cc1cc2cc3c(cc2[nH]c1=O)OCO3. The van der Waals surface area contributed by atoms with Crippen LogP contribution in [0, 0.1) is 0 Å². The smallest absolute Gasteiger partial charge is 0.253 e. The van der Waals surface area contributed by atoms with Crippen molar-refractivity contribution in [1.82, 2.24) is 15.2 Å². The topological polar surface area (TPSA) is 85.1 Å². The third kappa shape index (κ3) is 3.37. The van der Waals surface area contributed by atoms with E-state index in [0.29, 0.717) is 46.5 Å². The Hall–Kier alpha value is -3.46. The fourth-order valence-corrected chi connectivity index (χ4v) is 3.71. The lowest BCUT2D eigenvalue weighted by Gasteiger charge is -2.25. The van der Waals surface area contributed by atoms with E-state index in [9.17, 15) is 4.79 Å². The highest BCUT2D eigenvalue weighted by Gasteiger charge is 2.19. The molecule has 0 bridgehead atoms. The second-order valence-electron chi connectivity index (χ2n) is 7.02. The number of aromatic nitrogens is 1. The molecule has 8 nitrogen and oxygen atoms in total. The van der Waals surface area contributed by atoms with Gasteiger partial charge in [-0.3, -0.25) is 4.79 Å². The van der Waals surface area contributed by atoms with Gasteiger partial charge in [0, 0.05) is 30.6 Å². The van der Waals surface area contributed by atoms with Crippen molar-refractivity contribution in [3.63, 3.8) is 0 Å². The molecular weight excluding hydrogens is 406 g/mol. The molecule has 0 fully saturated rings. The lowest BCUT2D eigenvalue weighted by atomic mass is 10.1. The third-order valence-electron chi connectivity index (χ3n) is 5.09. The minimum Gasteiger partial charge on any atom is -0.454 e. The number of nitrogens with zero attached hydrogens (tertiary/aromatic N) is 1.